The van der Waals surface area contributed by atoms with Crippen molar-refractivity contribution in [3.05, 3.63) is 23.3 Å². The number of aromatic nitrogens is 2. The first-order valence-electron chi connectivity index (χ1n) is 8.42. The highest BCUT2D eigenvalue weighted by Crippen LogP contribution is 2.37. The minimum Gasteiger partial charge on any atom is -0.314 e. The summed E-state index contributed by atoms with van der Waals surface area (Å²) in [5.74, 6) is 3.12. The molecule has 2 unspecified atom stereocenters. The zero-order chi connectivity index (χ0) is 14.7. The van der Waals surface area contributed by atoms with Gasteiger partial charge in [-0.25, -0.2) is 9.97 Å². The fraction of sp³-hybridized carbons (Fsp3) is 0.765. The Morgan fingerprint density at radius 3 is 3.00 bits per heavy atom. The van der Waals surface area contributed by atoms with Crippen LogP contribution >= 0.6 is 11.8 Å². The molecule has 2 heterocycles. The molecule has 1 N–H and O–H groups in total. The number of fused-ring (bicyclic) bond motifs is 1. The molecule has 0 bridgehead atoms. The first-order chi connectivity index (χ1) is 10.2. The molecule has 1 fully saturated rings. The molecule has 1 aromatic heterocycles. The number of thioether (sulfide) groups is 1. The summed E-state index contributed by atoms with van der Waals surface area (Å²) in [5.41, 5.74) is 2.72. The predicted molar refractivity (Wildman–Crippen MR) is 89.7 cm³/mol. The van der Waals surface area contributed by atoms with Crippen molar-refractivity contribution >= 4 is 11.8 Å². The van der Waals surface area contributed by atoms with Crippen LogP contribution in [0.1, 0.15) is 61.9 Å². The highest BCUT2D eigenvalue weighted by atomic mass is 32.2. The summed E-state index contributed by atoms with van der Waals surface area (Å²) in [6, 6.07) is 0.577. The SMILES string of the molecule is CC(C)NCC1CCc2nc(C3CCCCS3)ncc2C1. The molecule has 3 rings (SSSR count). The maximum Gasteiger partial charge on any atom is 0.141 e. The molecule has 0 saturated carbocycles. The van der Waals surface area contributed by atoms with Crippen LogP contribution in [0.3, 0.4) is 0 Å². The smallest absolute Gasteiger partial charge is 0.141 e. The van der Waals surface area contributed by atoms with Gasteiger partial charge in [0.25, 0.3) is 0 Å². The van der Waals surface area contributed by atoms with E-state index in [1.807, 2.05) is 11.8 Å². The molecule has 0 radical (unpaired) electrons. The van der Waals surface area contributed by atoms with E-state index in [1.165, 1.54) is 42.7 Å². The molecule has 0 aromatic carbocycles. The van der Waals surface area contributed by atoms with Gasteiger partial charge in [0.05, 0.1) is 5.25 Å². The summed E-state index contributed by atoms with van der Waals surface area (Å²) in [7, 11) is 0. The second kappa shape index (κ2) is 7.10. The number of nitrogens with zero attached hydrogens (tertiary/aromatic N) is 2. The van der Waals surface area contributed by atoms with Crippen molar-refractivity contribution in [1.29, 1.82) is 0 Å². The lowest BCUT2D eigenvalue weighted by molar-refractivity contribution is 0.401. The van der Waals surface area contributed by atoms with Crippen LogP contribution in [0.4, 0.5) is 0 Å². The van der Waals surface area contributed by atoms with Crippen molar-refractivity contribution in [1.82, 2.24) is 15.3 Å². The zero-order valence-electron chi connectivity index (χ0n) is 13.3. The van der Waals surface area contributed by atoms with Crippen LogP contribution in [-0.2, 0) is 12.8 Å². The molecule has 1 aliphatic heterocycles. The fourth-order valence-electron chi connectivity index (χ4n) is 3.27. The van der Waals surface area contributed by atoms with Gasteiger partial charge in [0.2, 0.25) is 0 Å². The Balaban J connectivity index is 1.64. The molecule has 1 aromatic rings. The minimum atomic E-state index is 0.546. The van der Waals surface area contributed by atoms with E-state index in [1.54, 1.807) is 0 Å². The standard InChI is InChI=1S/C17H27N3S/c1-12(2)18-10-13-6-7-15-14(9-13)11-19-17(20-15)16-5-3-4-8-21-16/h11-13,16,18H,3-10H2,1-2H3. The number of rotatable bonds is 4. The molecular formula is C17H27N3S. The van der Waals surface area contributed by atoms with Crippen LogP contribution in [0.25, 0.3) is 0 Å². The second-order valence-corrected chi connectivity index (χ2v) is 8.04. The van der Waals surface area contributed by atoms with Crippen molar-refractivity contribution in [2.75, 3.05) is 12.3 Å². The Labute approximate surface area is 132 Å². The van der Waals surface area contributed by atoms with Crippen molar-refractivity contribution in [2.24, 2.45) is 5.92 Å². The molecule has 3 nitrogen and oxygen atoms in total. The van der Waals surface area contributed by atoms with Gasteiger partial charge < -0.3 is 5.32 Å². The molecule has 21 heavy (non-hydrogen) atoms. The first-order valence-corrected chi connectivity index (χ1v) is 9.47. The van der Waals surface area contributed by atoms with Gasteiger partial charge in [0.1, 0.15) is 5.82 Å². The average Bonchev–Trinajstić information content (AvgIpc) is 2.53. The zero-order valence-corrected chi connectivity index (χ0v) is 14.1. The van der Waals surface area contributed by atoms with Gasteiger partial charge in [0.15, 0.2) is 0 Å². The van der Waals surface area contributed by atoms with E-state index in [9.17, 15) is 0 Å². The van der Waals surface area contributed by atoms with Gasteiger partial charge in [-0.2, -0.15) is 11.8 Å². The molecule has 0 spiro atoms. The number of aryl methyl sites for hydroxylation is 1. The normalized spacial score (nSPS) is 25.9. The summed E-state index contributed by atoms with van der Waals surface area (Å²) in [6.07, 6.45) is 9.61. The summed E-state index contributed by atoms with van der Waals surface area (Å²) in [4.78, 5) is 9.61. The average molecular weight is 305 g/mol. The number of nitrogens with one attached hydrogen (secondary N) is 1. The molecule has 4 heteroatoms. The Morgan fingerprint density at radius 2 is 2.24 bits per heavy atom. The predicted octanol–water partition coefficient (Wildman–Crippen LogP) is 3.54. The lowest BCUT2D eigenvalue weighted by Gasteiger charge is -2.26. The molecule has 1 aliphatic carbocycles. The van der Waals surface area contributed by atoms with E-state index in [0.717, 1.165) is 31.1 Å². The summed E-state index contributed by atoms with van der Waals surface area (Å²) >= 11 is 2.04. The van der Waals surface area contributed by atoms with Crippen LogP contribution in [0, 0.1) is 5.92 Å². The lowest BCUT2D eigenvalue weighted by Crippen LogP contribution is -2.32. The molecule has 2 aliphatic rings. The fourth-order valence-corrected chi connectivity index (χ4v) is 4.53. The van der Waals surface area contributed by atoms with Crippen LogP contribution in [0.5, 0.6) is 0 Å². The van der Waals surface area contributed by atoms with Gasteiger partial charge >= 0.3 is 0 Å². The Hall–Kier alpha value is -0.610. The summed E-state index contributed by atoms with van der Waals surface area (Å²) < 4.78 is 0. The maximum atomic E-state index is 4.91. The highest BCUT2D eigenvalue weighted by molar-refractivity contribution is 7.99. The summed E-state index contributed by atoms with van der Waals surface area (Å²) in [5, 5.41) is 4.11. The van der Waals surface area contributed by atoms with Gasteiger partial charge in [-0.3, -0.25) is 0 Å². The first kappa shape index (κ1) is 15.3. The van der Waals surface area contributed by atoms with Gasteiger partial charge in [0, 0.05) is 17.9 Å². The Bertz CT molecular complexity index is 469. The van der Waals surface area contributed by atoms with E-state index >= 15 is 0 Å². The number of hydrogen-bond donors (Lipinski definition) is 1. The van der Waals surface area contributed by atoms with Crippen molar-refractivity contribution < 1.29 is 0 Å². The Morgan fingerprint density at radius 1 is 1.33 bits per heavy atom. The summed E-state index contributed by atoms with van der Waals surface area (Å²) in [6.45, 7) is 5.55. The highest BCUT2D eigenvalue weighted by Gasteiger charge is 2.23. The maximum absolute atomic E-state index is 4.91. The largest absolute Gasteiger partial charge is 0.314 e. The van der Waals surface area contributed by atoms with Crippen LogP contribution in [-0.4, -0.2) is 28.3 Å². The van der Waals surface area contributed by atoms with Crippen LogP contribution < -0.4 is 5.32 Å². The molecule has 0 amide bonds. The molecular weight excluding hydrogens is 278 g/mol. The van der Waals surface area contributed by atoms with Gasteiger partial charge in [-0.05, 0) is 55.9 Å². The topological polar surface area (TPSA) is 37.8 Å². The van der Waals surface area contributed by atoms with Crippen molar-refractivity contribution in [2.45, 2.75) is 63.7 Å². The third-order valence-corrected chi connectivity index (χ3v) is 5.93. The lowest BCUT2D eigenvalue weighted by atomic mass is 9.87. The molecule has 116 valence electrons. The quantitative estimate of drug-likeness (QED) is 0.923. The Kier molecular flexibility index (Phi) is 5.17. The molecule has 1 saturated heterocycles. The van der Waals surface area contributed by atoms with E-state index in [4.69, 9.17) is 9.97 Å². The third-order valence-electron chi connectivity index (χ3n) is 4.55. The van der Waals surface area contributed by atoms with E-state index in [0.29, 0.717) is 11.3 Å². The second-order valence-electron chi connectivity index (χ2n) is 6.73. The third kappa shape index (κ3) is 3.98. The van der Waals surface area contributed by atoms with Crippen molar-refractivity contribution in [3.63, 3.8) is 0 Å². The van der Waals surface area contributed by atoms with Crippen molar-refractivity contribution in [3.8, 4) is 0 Å². The number of hydrogen-bond acceptors (Lipinski definition) is 4. The van der Waals surface area contributed by atoms with Gasteiger partial charge in [-0.15, -0.1) is 0 Å². The van der Waals surface area contributed by atoms with Crippen LogP contribution in [0.15, 0.2) is 6.20 Å². The monoisotopic (exact) mass is 305 g/mol. The minimum absolute atomic E-state index is 0.546. The van der Waals surface area contributed by atoms with E-state index in [2.05, 4.69) is 25.4 Å². The van der Waals surface area contributed by atoms with E-state index < -0.39 is 0 Å². The molecule has 2 atom stereocenters. The van der Waals surface area contributed by atoms with Crippen LogP contribution in [0.2, 0.25) is 0 Å². The van der Waals surface area contributed by atoms with E-state index in [-0.39, 0.29) is 0 Å². The van der Waals surface area contributed by atoms with Gasteiger partial charge in [-0.1, -0.05) is 20.3 Å².